The highest BCUT2D eigenvalue weighted by atomic mass is 16.2. The number of nitrogens with zero attached hydrogens (tertiary/aromatic N) is 4. The molecular formula is C34H43N7O5. The van der Waals surface area contributed by atoms with E-state index in [0.29, 0.717) is 32.4 Å². The van der Waals surface area contributed by atoms with E-state index in [0.717, 1.165) is 16.6 Å². The second kappa shape index (κ2) is 14.6. The van der Waals surface area contributed by atoms with Crippen LogP contribution in [0.3, 0.4) is 0 Å². The Hall–Kier alpha value is -4.74. The van der Waals surface area contributed by atoms with Crippen LogP contribution in [0.1, 0.15) is 45.6 Å². The van der Waals surface area contributed by atoms with Crippen LogP contribution in [0.25, 0.3) is 11.0 Å². The van der Waals surface area contributed by atoms with Gasteiger partial charge in [0.05, 0.1) is 29.9 Å². The monoisotopic (exact) mass is 629 g/mol. The van der Waals surface area contributed by atoms with E-state index in [1.807, 2.05) is 73.0 Å². The van der Waals surface area contributed by atoms with Gasteiger partial charge in [-0.2, -0.15) is 0 Å². The van der Waals surface area contributed by atoms with Gasteiger partial charge in [0.1, 0.15) is 18.1 Å². The molecule has 244 valence electrons. The molecule has 0 saturated carbocycles. The predicted molar refractivity (Wildman–Crippen MR) is 172 cm³/mol. The number of benzene rings is 2. The number of hydrogen-bond acceptors (Lipinski definition) is 6. The van der Waals surface area contributed by atoms with Gasteiger partial charge in [-0.15, -0.1) is 0 Å². The molecule has 12 heteroatoms. The Morgan fingerprint density at radius 1 is 0.957 bits per heavy atom. The van der Waals surface area contributed by atoms with E-state index in [1.54, 1.807) is 13.3 Å². The lowest BCUT2D eigenvalue weighted by atomic mass is 10.00. The van der Waals surface area contributed by atoms with Crippen molar-refractivity contribution in [3.05, 3.63) is 66.5 Å². The minimum Gasteiger partial charge on any atom is -0.349 e. The summed E-state index contributed by atoms with van der Waals surface area (Å²) in [5.74, 6) is -2.17. The van der Waals surface area contributed by atoms with Crippen LogP contribution in [0, 0.1) is 5.92 Å². The highest BCUT2D eigenvalue weighted by Gasteiger charge is 2.39. The van der Waals surface area contributed by atoms with Gasteiger partial charge in [-0.05, 0) is 49.8 Å². The summed E-state index contributed by atoms with van der Waals surface area (Å²) in [7, 11) is 0. The summed E-state index contributed by atoms with van der Waals surface area (Å²) in [4.78, 5) is 75.2. The third-order valence-corrected chi connectivity index (χ3v) is 8.73. The standard InChI is InChI=1S/C34H43N7O5/c1-22(2)31-33(45)37-25(18-24-10-5-4-6-11-24)19-40(30(43)15-17-39-21-35-26-12-7-8-13-27(26)39)20-29(42)36-23(3)34(46)41-16-9-14-28(41)32(44)38-31/h4-8,10-13,21-23,25,28,31H,9,14-20H2,1-3H3,(H,36,42)(H,37,45)(H,38,44)/t23-,25-,28+,31-/m0/s1. The summed E-state index contributed by atoms with van der Waals surface area (Å²) in [5.41, 5.74) is 2.66. The first-order valence-electron chi connectivity index (χ1n) is 16.0. The van der Waals surface area contributed by atoms with Gasteiger partial charge in [-0.25, -0.2) is 4.98 Å². The van der Waals surface area contributed by atoms with Crippen molar-refractivity contribution >= 4 is 40.6 Å². The summed E-state index contributed by atoms with van der Waals surface area (Å²) >= 11 is 0. The van der Waals surface area contributed by atoms with Gasteiger partial charge in [0.2, 0.25) is 29.5 Å². The molecule has 0 unspecified atom stereocenters. The van der Waals surface area contributed by atoms with Gasteiger partial charge in [0.15, 0.2) is 0 Å². The molecule has 2 aromatic carbocycles. The van der Waals surface area contributed by atoms with Crippen LogP contribution in [-0.4, -0.2) is 92.7 Å². The fourth-order valence-corrected chi connectivity index (χ4v) is 6.29. The molecule has 3 aromatic rings. The highest BCUT2D eigenvalue weighted by molar-refractivity contribution is 5.95. The maximum atomic E-state index is 13.8. The number of rotatable bonds is 6. The molecule has 0 aliphatic carbocycles. The van der Waals surface area contributed by atoms with Crippen molar-refractivity contribution in [3.8, 4) is 0 Å². The van der Waals surface area contributed by atoms with Gasteiger partial charge < -0.3 is 30.3 Å². The fourth-order valence-electron chi connectivity index (χ4n) is 6.29. The number of aromatic nitrogens is 2. The summed E-state index contributed by atoms with van der Waals surface area (Å²) in [5, 5.41) is 8.73. The quantitative estimate of drug-likeness (QED) is 0.378. The van der Waals surface area contributed by atoms with Crippen molar-refractivity contribution in [3.63, 3.8) is 0 Å². The van der Waals surface area contributed by atoms with Gasteiger partial charge in [-0.1, -0.05) is 56.3 Å². The lowest BCUT2D eigenvalue weighted by molar-refractivity contribution is -0.142. The summed E-state index contributed by atoms with van der Waals surface area (Å²) in [6, 6.07) is 14.2. The predicted octanol–water partition coefficient (Wildman–Crippen LogP) is 1.63. The molecule has 0 bridgehead atoms. The zero-order chi connectivity index (χ0) is 32.8. The Kier molecular flexibility index (Phi) is 10.3. The van der Waals surface area contributed by atoms with Crippen molar-refractivity contribution in [2.45, 2.75) is 77.2 Å². The molecule has 0 radical (unpaired) electrons. The molecule has 5 amide bonds. The van der Waals surface area contributed by atoms with Crippen molar-refractivity contribution in [2.24, 2.45) is 5.92 Å². The van der Waals surface area contributed by atoms with Crippen LogP contribution in [0.2, 0.25) is 0 Å². The smallest absolute Gasteiger partial charge is 0.245 e. The topological polar surface area (TPSA) is 146 Å². The van der Waals surface area contributed by atoms with Gasteiger partial charge in [0.25, 0.3) is 0 Å². The van der Waals surface area contributed by atoms with E-state index >= 15 is 0 Å². The Balaban J connectivity index is 1.44. The molecule has 5 rings (SSSR count). The average Bonchev–Trinajstić information content (AvgIpc) is 3.69. The second-order valence-corrected chi connectivity index (χ2v) is 12.6. The lowest BCUT2D eigenvalue weighted by Crippen LogP contribution is -2.58. The zero-order valence-electron chi connectivity index (χ0n) is 26.6. The number of aryl methyl sites for hydroxylation is 1. The number of amides is 5. The van der Waals surface area contributed by atoms with Gasteiger partial charge in [-0.3, -0.25) is 24.0 Å². The number of nitrogens with one attached hydrogen (secondary N) is 3. The van der Waals surface area contributed by atoms with E-state index in [4.69, 9.17) is 0 Å². The van der Waals surface area contributed by atoms with Crippen molar-refractivity contribution in [1.82, 2.24) is 35.3 Å². The fraction of sp³-hybridized carbons (Fsp3) is 0.471. The Labute approximate surface area is 268 Å². The lowest BCUT2D eigenvalue weighted by Gasteiger charge is -2.31. The molecule has 3 heterocycles. The number of hydrogen-bond donors (Lipinski definition) is 3. The first-order valence-corrected chi connectivity index (χ1v) is 16.0. The van der Waals surface area contributed by atoms with E-state index in [-0.39, 0.29) is 43.1 Å². The molecule has 3 N–H and O–H groups in total. The number of fused-ring (bicyclic) bond motifs is 2. The number of imidazole rings is 1. The van der Waals surface area contributed by atoms with Crippen molar-refractivity contribution in [2.75, 3.05) is 19.6 Å². The first-order chi connectivity index (χ1) is 22.1. The van der Waals surface area contributed by atoms with Gasteiger partial charge in [0, 0.05) is 26.1 Å². The summed E-state index contributed by atoms with van der Waals surface area (Å²) < 4.78 is 1.90. The minimum atomic E-state index is -0.902. The van der Waals surface area contributed by atoms with E-state index in [2.05, 4.69) is 20.9 Å². The summed E-state index contributed by atoms with van der Waals surface area (Å²) in [6.45, 7) is 5.76. The molecule has 0 spiro atoms. The van der Waals surface area contributed by atoms with Crippen LogP contribution < -0.4 is 16.0 Å². The third kappa shape index (κ3) is 7.72. The second-order valence-electron chi connectivity index (χ2n) is 12.6. The Morgan fingerprint density at radius 3 is 2.46 bits per heavy atom. The molecule has 1 aromatic heterocycles. The molecule has 2 saturated heterocycles. The molecular weight excluding hydrogens is 586 g/mol. The average molecular weight is 630 g/mol. The summed E-state index contributed by atoms with van der Waals surface area (Å²) in [6.07, 6.45) is 3.28. The number of para-hydroxylation sites is 2. The zero-order valence-corrected chi connectivity index (χ0v) is 26.6. The molecule has 2 aliphatic rings. The molecule has 12 nitrogen and oxygen atoms in total. The van der Waals surface area contributed by atoms with Crippen molar-refractivity contribution < 1.29 is 24.0 Å². The van der Waals surface area contributed by atoms with E-state index in [1.165, 1.54) is 9.80 Å². The van der Waals surface area contributed by atoms with Gasteiger partial charge >= 0.3 is 0 Å². The van der Waals surface area contributed by atoms with Crippen LogP contribution >= 0.6 is 0 Å². The SMILES string of the molecule is CC(C)[C@@H]1NC(=O)[C@H]2CCCN2C(=O)[C@H](C)NC(=O)CN(C(=O)CCn2cnc3ccccc32)C[C@H](Cc2ccccc2)NC1=O. The third-order valence-electron chi connectivity index (χ3n) is 8.73. The van der Waals surface area contributed by atoms with E-state index in [9.17, 15) is 24.0 Å². The maximum absolute atomic E-state index is 13.8. The van der Waals surface area contributed by atoms with E-state index < -0.39 is 36.0 Å². The van der Waals surface area contributed by atoms with Crippen LogP contribution in [-0.2, 0) is 36.9 Å². The van der Waals surface area contributed by atoms with Crippen LogP contribution in [0.4, 0.5) is 0 Å². The normalized spacial score (nSPS) is 23.4. The minimum absolute atomic E-state index is 0.0490. The number of carbonyl (C=O) groups excluding carboxylic acids is 5. The molecule has 2 fully saturated rings. The largest absolute Gasteiger partial charge is 0.349 e. The Morgan fingerprint density at radius 2 is 1.70 bits per heavy atom. The van der Waals surface area contributed by atoms with Crippen LogP contribution in [0.5, 0.6) is 0 Å². The van der Waals surface area contributed by atoms with Crippen LogP contribution in [0.15, 0.2) is 60.9 Å². The Bertz CT molecular complexity index is 1570. The highest BCUT2D eigenvalue weighted by Crippen LogP contribution is 2.20. The van der Waals surface area contributed by atoms with Crippen molar-refractivity contribution in [1.29, 1.82) is 0 Å². The molecule has 4 atom stereocenters. The number of carbonyl (C=O) groups is 5. The molecule has 46 heavy (non-hydrogen) atoms. The first kappa shape index (κ1) is 32.6. The maximum Gasteiger partial charge on any atom is 0.245 e. The molecule has 2 aliphatic heterocycles.